The van der Waals surface area contributed by atoms with Gasteiger partial charge in [-0.25, -0.2) is 0 Å². The van der Waals surface area contributed by atoms with Crippen LogP contribution in [0, 0.1) is 27.4 Å². The molecule has 0 unspecified atom stereocenters. The van der Waals surface area contributed by atoms with Crippen molar-refractivity contribution in [2.75, 3.05) is 31.5 Å². The summed E-state index contributed by atoms with van der Waals surface area (Å²) in [6.07, 6.45) is 2.33. The van der Waals surface area contributed by atoms with Crippen molar-refractivity contribution in [3.8, 4) is 6.07 Å². The smallest absolute Gasteiger partial charge is 0.287 e. The second-order valence-electron chi connectivity index (χ2n) is 5.36. The highest BCUT2D eigenvalue weighted by molar-refractivity contribution is 5.58. The molecule has 21 heavy (non-hydrogen) atoms. The first-order valence-electron chi connectivity index (χ1n) is 7.28. The van der Waals surface area contributed by atoms with Crippen LogP contribution in [0.2, 0.25) is 0 Å². The molecule has 0 bridgehead atoms. The van der Waals surface area contributed by atoms with E-state index in [0.717, 1.165) is 31.9 Å². The third-order valence-corrected chi connectivity index (χ3v) is 4.06. The van der Waals surface area contributed by atoms with Crippen molar-refractivity contribution in [3.63, 3.8) is 0 Å². The standard InChI is InChI=1S/C15H20N4O2/c1-2-18-7-5-12(6-8-18)11-17-14-3-4-15(19(20)21)13(9-14)10-16/h3-4,9,12,17H,2,5-8,11H2,1H3. The molecule has 0 amide bonds. The summed E-state index contributed by atoms with van der Waals surface area (Å²) in [4.78, 5) is 12.7. The Hall–Kier alpha value is -2.13. The number of anilines is 1. The molecule has 1 aromatic carbocycles. The summed E-state index contributed by atoms with van der Waals surface area (Å²) in [5, 5.41) is 23.1. The molecule has 1 saturated heterocycles. The van der Waals surface area contributed by atoms with E-state index in [1.54, 1.807) is 12.1 Å². The highest BCUT2D eigenvalue weighted by atomic mass is 16.6. The summed E-state index contributed by atoms with van der Waals surface area (Å²) in [6.45, 7) is 6.40. The number of benzene rings is 1. The first-order valence-corrected chi connectivity index (χ1v) is 7.28. The Labute approximate surface area is 124 Å². The number of nitro benzene ring substituents is 1. The number of nitrogens with zero attached hydrogens (tertiary/aromatic N) is 3. The fraction of sp³-hybridized carbons (Fsp3) is 0.533. The molecule has 0 spiro atoms. The topological polar surface area (TPSA) is 82.2 Å². The zero-order chi connectivity index (χ0) is 15.2. The molecule has 112 valence electrons. The minimum atomic E-state index is -0.525. The SMILES string of the molecule is CCN1CCC(CNc2ccc([N+](=O)[O-])c(C#N)c2)CC1. The van der Waals surface area contributed by atoms with E-state index in [1.807, 2.05) is 6.07 Å². The van der Waals surface area contributed by atoms with Crippen LogP contribution in [0.15, 0.2) is 18.2 Å². The Bertz CT molecular complexity index is 545. The Morgan fingerprint density at radius 2 is 2.19 bits per heavy atom. The highest BCUT2D eigenvalue weighted by Crippen LogP contribution is 2.23. The second kappa shape index (κ2) is 7.04. The Kier molecular flexibility index (Phi) is 5.12. The summed E-state index contributed by atoms with van der Waals surface area (Å²) in [5.74, 6) is 0.619. The molecule has 1 N–H and O–H groups in total. The fourth-order valence-corrected chi connectivity index (χ4v) is 2.66. The number of rotatable bonds is 5. The zero-order valence-electron chi connectivity index (χ0n) is 12.2. The third kappa shape index (κ3) is 3.92. The van der Waals surface area contributed by atoms with Crippen molar-refractivity contribution >= 4 is 11.4 Å². The molecular formula is C15H20N4O2. The van der Waals surface area contributed by atoms with E-state index in [-0.39, 0.29) is 11.3 Å². The summed E-state index contributed by atoms with van der Waals surface area (Å²) in [5.41, 5.74) is 0.736. The molecule has 0 saturated carbocycles. The van der Waals surface area contributed by atoms with E-state index in [2.05, 4.69) is 17.1 Å². The average Bonchev–Trinajstić information content (AvgIpc) is 2.52. The van der Waals surface area contributed by atoms with E-state index in [0.29, 0.717) is 5.92 Å². The molecule has 2 rings (SSSR count). The van der Waals surface area contributed by atoms with Crippen LogP contribution >= 0.6 is 0 Å². The highest BCUT2D eigenvalue weighted by Gasteiger charge is 2.18. The maximum absolute atomic E-state index is 10.8. The lowest BCUT2D eigenvalue weighted by molar-refractivity contribution is -0.385. The normalized spacial score (nSPS) is 16.4. The molecule has 1 fully saturated rings. The number of nitrogens with one attached hydrogen (secondary N) is 1. The first kappa shape index (κ1) is 15.3. The molecule has 1 aromatic rings. The maximum atomic E-state index is 10.8. The summed E-state index contributed by atoms with van der Waals surface area (Å²) in [6, 6.07) is 6.49. The van der Waals surface area contributed by atoms with Gasteiger partial charge in [0.25, 0.3) is 5.69 Å². The van der Waals surface area contributed by atoms with Gasteiger partial charge >= 0.3 is 0 Å². The number of likely N-dealkylation sites (tertiary alicyclic amines) is 1. The van der Waals surface area contributed by atoms with Gasteiger partial charge in [0, 0.05) is 18.3 Å². The number of nitro groups is 1. The molecule has 0 aromatic heterocycles. The van der Waals surface area contributed by atoms with Gasteiger partial charge in [0.05, 0.1) is 4.92 Å². The van der Waals surface area contributed by atoms with Crippen LogP contribution in [0.1, 0.15) is 25.3 Å². The molecule has 6 nitrogen and oxygen atoms in total. The molecule has 1 aliphatic rings. The monoisotopic (exact) mass is 288 g/mol. The Morgan fingerprint density at radius 3 is 2.76 bits per heavy atom. The van der Waals surface area contributed by atoms with Gasteiger partial charge in [-0.1, -0.05) is 6.92 Å². The Morgan fingerprint density at radius 1 is 1.48 bits per heavy atom. The lowest BCUT2D eigenvalue weighted by atomic mass is 9.96. The molecule has 0 atom stereocenters. The van der Waals surface area contributed by atoms with Gasteiger partial charge in [-0.05, 0) is 50.5 Å². The lowest BCUT2D eigenvalue weighted by Gasteiger charge is -2.31. The summed E-state index contributed by atoms with van der Waals surface area (Å²) >= 11 is 0. The van der Waals surface area contributed by atoms with Gasteiger partial charge in [0.2, 0.25) is 0 Å². The number of piperidine rings is 1. The summed E-state index contributed by atoms with van der Waals surface area (Å²) in [7, 11) is 0. The van der Waals surface area contributed by atoms with Crippen LogP contribution < -0.4 is 5.32 Å². The predicted molar refractivity (Wildman–Crippen MR) is 81.1 cm³/mol. The van der Waals surface area contributed by atoms with Gasteiger partial charge < -0.3 is 10.2 Å². The van der Waals surface area contributed by atoms with Gasteiger partial charge in [-0.15, -0.1) is 0 Å². The van der Waals surface area contributed by atoms with Crippen molar-refractivity contribution < 1.29 is 4.92 Å². The molecule has 0 aliphatic carbocycles. The molecular weight excluding hydrogens is 268 g/mol. The van der Waals surface area contributed by atoms with Gasteiger partial charge in [0.1, 0.15) is 11.6 Å². The van der Waals surface area contributed by atoms with E-state index >= 15 is 0 Å². The van der Waals surface area contributed by atoms with Crippen LogP contribution in [0.3, 0.4) is 0 Å². The van der Waals surface area contributed by atoms with Crippen LogP contribution in [-0.2, 0) is 0 Å². The lowest BCUT2D eigenvalue weighted by Crippen LogP contribution is -2.35. The minimum Gasteiger partial charge on any atom is -0.385 e. The predicted octanol–water partition coefficient (Wildman–Crippen LogP) is 2.61. The van der Waals surface area contributed by atoms with Crippen molar-refractivity contribution in [3.05, 3.63) is 33.9 Å². The number of nitriles is 1. The van der Waals surface area contributed by atoms with E-state index in [9.17, 15) is 10.1 Å². The number of hydrogen-bond donors (Lipinski definition) is 1. The third-order valence-electron chi connectivity index (χ3n) is 4.06. The minimum absolute atomic E-state index is 0.103. The molecule has 1 aliphatic heterocycles. The van der Waals surface area contributed by atoms with E-state index in [4.69, 9.17) is 5.26 Å². The fourth-order valence-electron chi connectivity index (χ4n) is 2.66. The van der Waals surface area contributed by atoms with Gasteiger partial charge in [-0.2, -0.15) is 5.26 Å². The van der Waals surface area contributed by atoms with E-state index in [1.165, 1.54) is 18.9 Å². The van der Waals surface area contributed by atoms with Crippen molar-refractivity contribution in [2.45, 2.75) is 19.8 Å². The number of hydrogen-bond acceptors (Lipinski definition) is 5. The second-order valence-corrected chi connectivity index (χ2v) is 5.36. The average molecular weight is 288 g/mol. The van der Waals surface area contributed by atoms with Gasteiger partial charge in [0.15, 0.2) is 0 Å². The molecule has 0 radical (unpaired) electrons. The van der Waals surface area contributed by atoms with Crippen LogP contribution in [-0.4, -0.2) is 36.0 Å². The van der Waals surface area contributed by atoms with Crippen LogP contribution in [0.5, 0.6) is 0 Å². The maximum Gasteiger partial charge on any atom is 0.287 e. The molecule has 6 heteroatoms. The van der Waals surface area contributed by atoms with Crippen molar-refractivity contribution in [1.82, 2.24) is 4.90 Å². The van der Waals surface area contributed by atoms with Crippen LogP contribution in [0.4, 0.5) is 11.4 Å². The largest absolute Gasteiger partial charge is 0.385 e. The van der Waals surface area contributed by atoms with E-state index < -0.39 is 4.92 Å². The van der Waals surface area contributed by atoms with Crippen LogP contribution in [0.25, 0.3) is 0 Å². The van der Waals surface area contributed by atoms with Gasteiger partial charge in [-0.3, -0.25) is 10.1 Å². The van der Waals surface area contributed by atoms with Crippen molar-refractivity contribution in [2.24, 2.45) is 5.92 Å². The Balaban J connectivity index is 1.92. The van der Waals surface area contributed by atoms with Crippen molar-refractivity contribution in [1.29, 1.82) is 5.26 Å². The first-order chi connectivity index (χ1) is 10.1. The zero-order valence-corrected chi connectivity index (χ0v) is 12.2. The quantitative estimate of drug-likeness (QED) is 0.665. The summed E-state index contributed by atoms with van der Waals surface area (Å²) < 4.78 is 0. The molecule has 1 heterocycles.